The number of carbonyl (C=O) groups is 1. The molecule has 1 aromatic rings. The summed E-state index contributed by atoms with van der Waals surface area (Å²) < 4.78 is 6.37. The fourth-order valence-electron chi connectivity index (χ4n) is 2.13. The average molecular weight is 294 g/mol. The summed E-state index contributed by atoms with van der Waals surface area (Å²) >= 11 is 0. The zero-order valence-electron chi connectivity index (χ0n) is 11.1. The average Bonchev–Trinajstić information content (AvgIpc) is 2.74. The van der Waals surface area contributed by atoms with Crippen LogP contribution in [0.4, 0.5) is 5.82 Å². The van der Waals surface area contributed by atoms with Crippen molar-refractivity contribution in [2.24, 2.45) is 5.92 Å². The van der Waals surface area contributed by atoms with E-state index < -0.39 is 36.7 Å². The highest BCUT2D eigenvalue weighted by Crippen LogP contribution is 2.33. The van der Waals surface area contributed by atoms with E-state index in [1.54, 1.807) is 0 Å². The van der Waals surface area contributed by atoms with Gasteiger partial charge >= 0.3 is 5.69 Å². The number of nitriles is 1. The molecule has 0 aromatic carbocycles. The van der Waals surface area contributed by atoms with E-state index in [4.69, 9.17) is 15.1 Å². The number of amides is 1. The molecule has 4 atom stereocenters. The third-order valence-corrected chi connectivity index (χ3v) is 3.11. The van der Waals surface area contributed by atoms with E-state index in [1.807, 2.05) is 6.07 Å². The van der Waals surface area contributed by atoms with Crippen molar-refractivity contribution < 1.29 is 19.7 Å². The second-order valence-corrected chi connectivity index (χ2v) is 4.58. The van der Waals surface area contributed by atoms with Crippen LogP contribution in [0.2, 0.25) is 0 Å². The van der Waals surface area contributed by atoms with Crippen LogP contribution in [0.25, 0.3) is 0 Å². The zero-order chi connectivity index (χ0) is 15.6. The highest BCUT2D eigenvalue weighted by atomic mass is 16.5. The van der Waals surface area contributed by atoms with Gasteiger partial charge in [0.05, 0.1) is 12.7 Å². The van der Waals surface area contributed by atoms with Crippen LogP contribution in [0.15, 0.2) is 17.1 Å². The summed E-state index contributed by atoms with van der Waals surface area (Å²) in [4.78, 5) is 26.5. The van der Waals surface area contributed by atoms with Crippen LogP contribution in [0, 0.1) is 17.2 Å². The molecule has 21 heavy (non-hydrogen) atoms. The summed E-state index contributed by atoms with van der Waals surface area (Å²) in [5.41, 5.74) is -0.739. The van der Waals surface area contributed by atoms with Crippen LogP contribution >= 0.6 is 0 Å². The number of aliphatic hydroxyl groups is 2. The molecule has 2 heterocycles. The Kier molecular flexibility index (Phi) is 4.32. The highest BCUT2D eigenvalue weighted by molar-refractivity contribution is 5.87. The van der Waals surface area contributed by atoms with Crippen LogP contribution in [-0.4, -0.2) is 44.5 Å². The van der Waals surface area contributed by atoms with Gasteiger partial charge in [0.2, 0.25) is 5.91 Å². The number of hydrogen-bond acceptors (Lipinski definition) is 7. The summed E-state index contributed by atoms with van der Waals surface area (Å²) in [6.45, 7) is 0.809. The molecule has 1 unspecified atom stereocenters. The summed E-state index contributed by atoms with van der Waals surface area (Å²) in [7, 11) is 0. The molecule has 1 aliphatic heterocycles. The quantitative estimate of drug-likeness (QED) is 0.622. The molecule has 112 valence electrons. The number of ether oxygens (including phenoxy) is 1. The van der Waals surface area contributed by atoms with Gasteiger partial charge in [0.15, 0.2) is 6.23 Å². The topological polar surface area (TPSA) is 137 Å². The van der Waals surface area contributed by atoms with Gasteiger partial charge in [-0.15, -0.1) is 0 Å². The predicted octanol–water partition coefficient (Wildman–Crippen LogP) is -1.41. The Labute approximate surface area is 119 Å². The van der Waals surface area contributed by atoms with Gasteiger partial charge in [-0.05, 0) is 6.07 Å². The van der Waals surface area contributed by atoms with Crippen LogP contribution in [0.5, 0.6) is 0 Å². The maximum atomic E-state index is 11.9. The lowest BCUT2D eigenvalue weighted by molar-refractivity contribution is -0.114. The lowest BCUT2D eigenvalue weighted by Crippen LogP contribution is -2.31. The molecule has 9 nitrogen and oxygen atoms in total. The highest BCUT2D eigenvalue weighted by Gasteiger charge is 2.45. The smallest absolute Gasteiger partial charge is 0.351 e. The molecule has 1 amide bonds. The standard InChI is InChI=1S/C12H14N4O5/c1-6(18)14-9-2-3-16(12(20)15-9)11-7(4-13)10(19)8(5-17)21-11/h2-3,7-8,10-11,17,19H,5H2,1H3,(H,14,15,18,20)/t7?,8-,10+,11-/m1/s1. The summed E-state index contributed by atoms with van der Waals surface area (Å²) in [5.74, 6) is -1.30. The molecular weight excluding hydrogens is 280 g/mol. The first kappa shape index (κ1) is 15.1. The van der Waals surface area contributed by atoms with Gasteiger partial charge in [-0.25, -0.2) is 4.79 Å². The first-order valence-electron chi connectivity index (χ1n) is 6.18. The number of rotatable bonds is 3. The predicted molar refractivity (Wildman–Crippen MR) is 68.9 cm³/mol. The Morgan fingerprint density at radius 3 is 2.90 bits per heavy atom. The SMILES string of the molecule is CC(=O)Nc1ccn([C@@H]2O[C@H](CO)[C@@H](O)C2C#N)c(=O)n1. The zero-order valence-corrected chi connectivity index (χ0v) is 11.1. The fourth-order valence-corrected chi connectivity index (χ4v) is 2.13. The van der Waals surface area contributed by atoms with Crippen LogP contribution in [0.3, 0.4) is 0 Å². The fraction of sp³-hybridized carbons (Fsp3) is 0.500. The molecule has 1 aliphatic rings. The lowest BCUT2D eigenvalue weighted by atomic mass is 10.0. The second kappa shape index (κ2) is 6.01. The first-order valence-corrected chi connectivity index (χ1v) is 6.18. The van der Waals surface area contributed by atoms with Gasteiger partial charge in [-0.1, -0.05) is 0 Å². The van der Waals surface area contributed by atoms with E-state index in [1.165, 1.54) is 19.2 Å². The van der Waals surface area contributed by atoms with Gasteiger partial charge in [0, 0.05) is 13.1 Å². The third-order valence-electron chi connectivity index (χ3n) is 3.11. The number of aliphatic hydroxyl groups excluding tert-OH is 2. The van der Waals surface area contributed by atoms with E-state index in [2.05, 4.69) is 10.3 Å². The lowest BCUT2D eigenvalue weighted by Gasteiger charge is -2.16. The minimum Gasteiger partial charge on any atom is -0.394 e. The monoisotopic (exact) mass is 294 g/mol. The number of aromatic nitrogens is 2. The van der Waals surface area contributed by atoms with Crippen molar-refractivity contribution in [2.45, 2.75) is 25.4 Å². The maximum absolute atomic E-state index is 11.9. The van der Waals surface area contributed by atoms with Crippen molar-refractivity contribution in [2.75, 3.05) is 11.9 Å². The first-order chi connectivity index (χ1) is 9.97. The molecule has 1 aromatic heterocycles. The van der Waals surface area contributed by atoms with E-state index in [0.717, 1.165) is 4.57 Å². The molecule has 9 heteroatoms. The molecular formula is C12H14N4O5. The number of nitrogens with zero attached hydrogens (tertiary/aromatic N) is 3. The van der Waals surface area contributed by atoms with Crippen molar-refractivity contribution >= 4 is 11.7 Å². The van der Waals surface area contributed by atoms with Crippen molar-refractivity contribution in [3.05, 3.63) is 22.7 Å². The largest absolute Gasteiger partial charge is 0.394 e. The number of nitrogens with one attached hydrogen (secondary N) is 1. The van der Waals surface area contributed by atoms with Crippen LogP contribution in [-0.2, 0) is 9.53 Å². The molecule has 0 spiro atoms. The molecule has 0 aliphatic carbocycles. The number of carbonyl (C=O) groups excluding carboxylic acids is 1. The molecule has 0 radical (unpaired) electrons. The van der Waals surface area contributed by atoms with Crippen molar-refractivity contribution in [1.82, 2.24) is 9.55 Å². The van der Waals surface area contributed by atoms with E-state index in [9.17, 15) is 14.7 Å². The van der Waals surface area contributed by atoms with Crippen molar-refractivity contribution in [3.8, 4) is 6.07 Å². The number of anilines is 1. The van der Waals surface area contributed by atoms with Crippen molar-refractivity contribution in [1.29, 1.82) is 5.26 Å². The third kappa shape index (κ3) is 2.92. The van der Waals surface area contributed by atoms with Crippen molar-refractivity contribution in [3.63, 3.8) is 0 Å². The molecule has 0 bridgehead atoms. The number of hydrogen-bond donors (Lipinski definition) is 3. The van der Waals surface area contributed by atoms with Gasteiger partial charge < -0.3 is 20.3 Å². The molecule has 2 rings (SSSR count). The molecule has 0 saturated carbocycles. The second-order valence-electron chi connectivity index (χ2n) is 4.58. The Bertz CT molecular complexity index is 637. The van der Waals surface area contributed by atoms with E-state index in [-0.39, 0.29) is 11.7 Å². The Morgan fingerprint density at radius 2 is 2.38 bits per heavy atom. The minimum atomic E-state index is -1.20. The van der Waals surface area contributed by atoms with Crippen LogP contribution < -0.4 is 11.0 Å². The van der Waals surface area contributed by atoms with Gasteiger partial charge in [0.1, 0.15) is 23.9 Å². The normalized spacial score (nSPS) is 28.1. The van der Waals surface area contributed by atoms with Gasteiger partial charge in [-0.3, -0.25) is 9.36 Å². The maximum Gasteiger partial charge on any atom is 0.351 e. The Morgan fingerprint density at radius 1 is 1.67 bits per heavy atom. The Hall–Kier alpha value is -2.28. The molecule has 1 fully saturated rings. The summed E-state index contributed by atoms with van der Waals surface area (Å²) in [5, 5.41) is 30.4. The van der Waals surface area contributed by atoms with E-state index in [0.29, 0.717) is 0 Å². The Balaban J connectivity index is 2.32. The van der Waals surface area contributed by atoms with Gasteiger partial charge in [0.25, 0.3) is 0 Å². The van der Waals surface area contributed by atoms with E-state index >= 15 is 0 Å². The minimum absolute atomic E-state index is 0.0783. The molecule has 3 N–H and O–H groups in total. The molecule has 1 saturated heterocycles. The van der Waals surface area contributed by atoms with Crippen LogP contribution in [0.1, 0.15) is 13.2 Å². The summed E-state index contributed by atoms with van der Waals surface area (Å²) in [6, 6.07) is 3.23. The van der Waals surface area contributed by atoms with Gasteiger partial charge in [-0.2, -0.15) is 10.2 Å². The summed E-state index contributed by atoms with van der Waals surface area (Å²) in [6.07, 6.45) is -1.88.